The number of thiophene rings is 1. The van der Waals surface area contributed by atoms with Gasteiger partial charge in [0, 0.05) is 31.9 Å². The Hall–Kier alpha value is -3.64. The minimum atomic E-state index is -0.616. The van der Waals surface area contributed by atoms with Gasteiger partial charge in [0.15, 0.2) is 11.0 Å². The van der Waals surface area contributed by atoms with Gasteiger partial charge in [0.1, 0.15) is 9.88 Å². The van der Waals surface area contributed by atoms with Gasteiger partial charge in [-0.15, -0.1) is 28.1 Å². The van der Waals surface area contributed by atoms with Crippen molar-refractivity contribution in [2.45, 2.75) is 32.5 Å². The van der Waals surface area contributed by atoms with Crippen molar-refractivity contribution in [3.8, 4) is 11.4 Å². The minimum Gasteiger partial charge on any atom is -0.462 e. The molecular weight excluding hydrogens is 526 g/mol. The molecule has 0 unspecified atom stereocenters. The largest absolute Gasteiger partial charge is 0.462 e. The van der Waals surface area contributed by atoms with Crippen molar-refractivity contribution in [1.29, 1.82) is 0 Å². The molecule has 0 saturated heterocycles. The van der Waals surface area contributed by atoms with Gasteiger partial charge in [-0.05, 0) is 38.5 Å². The number of nitrogens with zero attached hydrogens (tertiary/aromatic N) is 4. The molecule has 0 spiro atoms. The van der Waals surface area contributed by atoms with Gasteiger partial charge >= 0.3 is 11.9 Å². The highest BCUT2D eigenvalue weighted by Gasteiger charge is 2.27. The number of hydrogen-bond donors (Lipinski definition) is 1. The molecule has 1 amide bonds. The SMILES string of the molecule is C=CCn1c(SCC(=O)Nc2sc(C(=O)OCC)c(C)c2C(=O)OCC)nnc1-c1cccc(N(C)C)c1. The van der Waals surface area contributed by atoms with Crippen LogP contribution < -0.4 is 10.2 Å². The fourth-order valence-corrected chi connectivity index (χ4v) is 5.41. The molecule has 0 fully saturated rings. The van der Waals surface area contributed by atoms with Crippen molar-refractivity contribution in [2.24, 2.45) is 0 Å². The minimum absolute atomic E-state index is 0.000959. The van der Waals surface area contributed by atoms with E-state index in [-0.39, 0.29) is 40.3 Å². The summed E-state index contributed by atoms with van der Waals surface area (Å²) in [6.45, 7) is 9.65. The summed E-state index contributed by atoms with van der Waals surface area (Å²) in [5.74, 6) is -0.884. The first-order valence-electron chi connectivity index (χ1n) is 11.9. The first kappa shape index (κ1) is 28.9. The highest BCUT2D eigenvalue weighted by atomic mass is 32.2. The number of amides is 1. The number of rotatable bonds is 12. The van der Waals surface area contributed by atoms with Crippen molar-refractivity contribution in [2.75, 3.05) is 43.3 Å². The average molecular weight is 558 g/mol. The van der Waals surface area contributed by atoms with Gasteiger partial charge in [-0.25, -0.2) is 9.59 Å². The maximum absolute atomic E-state index is 12.9. The van der Waals surface area contributed by atoms with Gasteiger partial charge in [0.05, 0.1) is 24.5 Å². The number of hydrogen-bond acceptors (Lipinski definition) is 10. The quantitative estimate of drug-likeness (QED) is 0.193. The Morgan fingerprint density at radius 3 is 2.53 bits per heavy atom. The number of thioether (sulfide) groups is 1. The molecule has 0 aliphatic carbocycles. The Balaban J connectivity index is 1.82. The van der Waals surface area contributed by atoms with Crippen LogP contribution in [0.1, 0.15) is 39.4 Å². The first-order valence-corrected chi connectivity index (χ1v) is 13.7. The Morgan fingerprint density at radius 2 is 1.87 bits per heavy atom. The van der Waals surface area contributed by atoms with E-state index >= 15 is 0 Å². The van der Waals surface area contributed by atoms with E-state index in [0.29, 0.717) is 23.1 Å². The molecular formula is C26H31N5O5S2. The topological polar surface area (TPSA) is 116 Å². The van der Waals surface area contributed by atoms with Gasteiger partial charge < -0.3 is 19.7 Å². The summed E-state index contributed by atoms with van der Waals surface area (Å²) in [5, 5.41) is 12.2. The molecule has 0 radical (unpaired) electrons. The maximum atomic E-state index is 12.9. The van der Waals surface area contributed by atoms with Gasteiger partial charge in [-0.2, -0.15) is 0 Å². The van der Waals surface area contributed by atoms with Gasteiger partial charge in [-0.3, -0.25) is 9.36 Å². The second-order valence-corrected chi connectivity index (χ2v) is 10.2. The van der Waals surface area contributed by atoms with Crippen molar-refractivity contribution < 1.29 is 23.9 Å². The molecule has 12 heteroatoms. The first-order chi connectivity index (χ1) is 18.2. The van der Waals surface area contributed by atoms with Gasteiger partial charge in [0.2, 0.25) is 5.91 Å². The van der Waals surface area contributed by atoms with Gasteiger partial charge in [0.25, 0.3) is 0 Å². The monoisotopic (exact) mass is 557 g/mol. The van der Waals surface area contributed by atoms with Crippen molar-refractivity contribution in [3.05, 3.63) is 52.9 Å². The van der Waals surface area contributed by atoms with Crippen molar-refractivity contribution in [1.82, 2.24) is 14.8 Å². The lowest BCUT2D eigenvalue weighted by atomic mass is 10.1. The zero-order valence-corrected chi connectivity index (χ0v) is 23.7. The van der Waals surface area contributed by atoms with Crippen LogP contribution >= 0.6 is 23.1 Å². The number of benzene rings is 1. The number of esters is 2. The Morgan fingerprint density at radius 1 is 1.16 bits per heavy atom. The average Bonchev–Trinajstić information content (AvgIpc) is 3.43. The second kappa shape index (κ2) is 13.2. The summed E-state index contributed by atoms with van der Waals surface area (Å²) < 4.78 is 12.1. The molecule has 2 aromatic heterocycles. The third-order valence-corrected chi connectivity index (χ3v) is 7.48. The molecule has 3 aromatic rings. The highest BCUT2D eigenvalue weighted by Crippen LogP contribution is 2.35. The zero-order valence-electron chi connectivity index (χ0n) is 22.1. The van der Waals surface area contributed by atoms with Gasteiger partial charge in [-0.1, -0.05) is 30.0 Å². The summed E-state index contributed by atoms with van der Waals surface area (Å²) in [4.78, 5) is 40.1. The number of ether oxygens (including phenoxy) is 2. The van der Waals surface area contributed by atoms with Crippen molar-refractivity contribution in [3.63, 3.8) is 0 Å². The molecule has 10 nitrogen and oxygen atoms in total. The van der Waals surface area contributed by atoms with E-state index in [4.69, 9.17) is 9.47 Å². The molecule has 0 bridgehead atoms. The third kappa shape index (κ3) is 6.62. The summed E-state index contributed by atoms with van der Waals surface area (Å²) in [6.07, 6.45) is 1.74. The summed E-state index contributed by atoms with van der Waals surface area (Å²) in [5.41, 5.74) is 2.47. The molecule has 0 atom stereocenters. The van der Waals surface area contributed by atoms with Crippen LogP contribution in [0.3, 0.4) is 0 Å². The predicted octanol–water partition coefficient (Wildman–Crippen LogP) is 4.65. The number of nitrogens with one attached hydrogen (secondary N) is 1. The van der Waals surface area contributed by atoms with Crippen LogP contribution in [0.15, 0.2) is 42.1 Å². The molecule has 1 aromatic carbocycles. The van der Waals surface area contributed by atoms with E-state index < -0.39 is 11.9 Å². The smallest absolute Gasteiger partial charge is 0.348 e. The lowest BCUT2D eigenvalue weighted by Crippen LogP contribution is -2.17. The van der Waals surface area contributed by atoms with E-state index in [1.54, 1.807) is 26.8 Å². The molecule has 38 heavy (non-hydrogen) atoms. The lowest BCUT2D eigenvalue weighted by Gasteiger charge is -2.14. The van der Waals surface area contributed by atoms with Crippen LogP contribution in [0, 0.1) is 6.92 Å². The number of anilines is 2. The van der Waals surface area contributed by atoms with Crippen molar-refractivity contribution >= 4 is 51.6 Å². The molecule has 1 N–H and O–H groups in total. The summed E-state index contributed by atoms with van der Waals surface area (Å²) >= 11 is 2.19. The Labute approximate surface area is 230 Å². The number of allylic oxidation sites excluding steroid dienone is 1. The molecule has 2 heterocycles. The summed E-state index contributed by atoms with van der Waals surface area (Å²) in [6, 6.07) is 7.92. The maximum Gasteiger partial charge on any atom is 0.348 e. The van der Waals surface area contributed by atoms with Crippen LogP contribution in [-0.2, 0) is 20.8 Å². The van der Waals surface area contributed by atoms with E-state index in [2.05, 4.69) is 22.1 Å². The van der Waals surface area contributed by atoms with E-state index in [1.165, 1.54) is 11.8 Å². The normalized spacial score (nSPS) is 10.7. The molecule has 3 rings (SSSR count). The van der Waals surface area contributed by atoms with E-state index in [9.17, 15) is 14.4 Å². The van der Waals surface area contributed by atoms with Crippen LogP contribution in [0.4, 0.5) is 10.7 Å². The number of aromatic nitrogens is 3. The molecule has 0 aliphatic heterocycles. The summed E-state index contributed by atoms with van der Waals surface area (Å²) in [7, 11) is 3.93. The number of carbonyl (C=O) groups excluding carboxylic acids is 3. The van der Waals surface area contributed by atoms with E-state index in [1.807, 2.05) is 47.8 Å². The molecule has 0 saturated carbocycles. The Kier molecular flexibility index (Phi) is 10.1. The number of carbonyl (C=O) groups is 3. The standard InChI is InChI=1S/C26H31N5O5S2/c1-7-13-31-22(17-11-10-12-18(14-17)30(5)6)28-29-26(31)37-15-19(32)27-23-20(24(33)35-8-2)16(4)21(38-23)25(34)36-9-3/h7,10-12,14H,1,8-9,13,15H2,2-6H3,(H,27,32). The second-order valence-electron chi connectivity index (χ2n) is 8.19. The highest BCUT2D eigenvalue weighted by molar-refractivity contribution is 7.99. The van der Waals surface area contributed by atoms with Crippen LogP contribution in [0.5, 0.6) is 0 Å². The van der Waals surface area contributed by atoms with Crippen LogP contribution in [-0.4, -0.2) is 65.7 Å². The third-order valence-electron chi connectivity index (χ3n) is 5.32. The van der Waals surface area contributed by atoms with E-state index in [0.717, 1.165) is 22.6 Å². The van der Waals surface area contributed by atoms with Crippen LogP contribution in [0.2, 0.25) is 0 Å². The molecule has 202 valence electrons. The molecule has 0 aliphatic rings. The van der Waals surface area contributed by atoms with Crippen LogP contribution in [0.25, 0.3) is 11.4 Å². The fourth-order valence-electron chi connectivity index (χ4n) is 3.56. The lowest BCUT2D eigenvalue weighted by molar-refractivity contribution is -0.113. The fraction of sp³-hybridized carbons (Fsp3) is 0.346. The zero-order chi connectivity index (χ0) is 27.8. The Bertz CT molecular complexity index is 1330. The predicted molar refractivity (Wildman–Crippen MR) is 150 cm³/mol.